The van der Waals surface area contributed by atoms with Crippen LogP contribution in [0.25, 0.3) is 0 Å². The van der Waals surface area contributed by atoms with Crippen molar-refractivity contribution in [2.45, 2.75) is 6.42 Å². The number of pyridine rings is 1. The second-order valence-corrected chi connectivity index (χ2v) is 5.95. The summed E-state index contributed by atoms with van der Waals surface area (Å²) in [5.41, 5.74) is 6.39. The van der Waals surface area contributed by atoms with Crippen molar-refractivity contribution in [3.63, 3.8) is 0 Å². The number of nitrogens with zero attached hydrogens (tertiary/aromatic N) is 5. The summed E-state index contributed by atoms with van der Waals surface area (Å²) in [5, 5.41) is 3.31. The average molecular weight is 341 g/mol. The molecule has 1 aliphatic rings. The largest absolute Gasteiger partial charge is 0.385 e. The molecule has 0 saturated carbocycles. The number of amides is 1. The second-order valence-electron chi connectivity index (χ2n) is 5.95. The Hall–Kier alpha value is -2.74. The first-order chi connectivity index (χ1) is 12.2. The van der Waals surface area contributed by atoms with Gasteiger partial charge in [-0.05, 0) is 31.2 Å². The van der Waals surface area contributed by atoms with E-state index in [0.717, 1.165) is 57.3 Å². The zero-order valence-corrected chi connectivity index (χ0v) is 14.1. The molecule has 0 aliphatic carbocycles. The van der Waals surface area contributed by atoms with E-state index in [4.69, 9.17) is 5.73 Å². The number of anilines is 2. The van der Waals surface area contributed by atoms with E-state index >= 15 is 0 Å². The van der Waals surface area contributed by atoms with Gasteiger partial charge in [0, 0.05) is 57.0 Å². The van der Waals surface area contributed by atoms with Crippen LogP contribution in [0.15, 0.2) is 36.8 Å². The monoisotopic (exact) mass is 341 g/mol. The number of primary amides is 1. The van der Waals surface area contributed by atoms with Gasteiger partial charge >= 0.3 is 0 Å². The van der Waals surface area contributed by atoms with Crippen LogP contribution in [0.3, 0.4) is 0 Å². The predicted octanol–water partition coefficient (Wildman–Crippen LogP) is 0.595. The van der Waals surface area contributed by atoms with Gasteiger partial charge in [-0.15, -0.1) is 0 Å². The molecule has 3 rings (SSSR count). The fourth-order valence-electron chi connectivity index (χ4n) is 2.84. The first kappa shape index (κ1) is 17.1. The highest BCUT2D eigenvalue weighted by Gasteiger charge is 2.18. The second kappa shape index (κ2) is 8.39. The highest BCUT2D eigenvalue weighted by Crippen LogP contribution is 2.10. The first-order valence-corrected chi connectivity index (χ1v) is 8.46. The molecule has 0 aromatic carbocycles. The average Bonchev–Trinajstić information content (AvgIpc) is 2.67. The van der Waals surface area contributed by atoms with Gasteiger partial charge in [0.2, 0.25) is 5.95 Å². The van der Waals surface area contributed by atoms with Crippen molar-refractivity contribution in [2.75, 3.05) is 49.5 Å². The van der Waals surface area contributed by atoms with Gasteiger partial charge in [0.05, 0.1) is 0 Å². The zero-order chi connectivity index (χ0) is 17.5. The van der Waals surface area contributed by atoms with Crippen LogP contribution in [0.2, 0.25) is 0 Å². The lowest BCUT2D eigenvalue weighted by Crippen LogP contribution is -2.47. The van der Waals surface area contributed by atoms with Gasteiger partial charge in [-0.2, -0.15) is 0 Å². The molecule has 0 atom stereocenters. The number of nitrogens with two attached hydrogens (primary N) is 1. The van der Waals surface area contributed by atoms with E-state index in [1.165, 1.54) is 0 Å². The molecule has 0 radical (unpaired) electrons. The molecule has 1 amide bonds. The lowest BCUT2D eigenvalue weighted by atomic mass is 10.2. The predicted molar refractivity (Wildman–Crippen MR) is 96.5 cm³/mol. The van der Waals surface area contributed by atoms with Gasteiger partial charge in [-0.3, -0.25) is 14.7 Å². The smallest absolute Gasteiger partial charge is 0.267 e. The highest BCUT2D eigenvalue weighted by atomic mass is 16.1. The van der Waals surface area contributed by atoms with E-state index in [1.807, 2.05) is 12.1 Å². The van der Waals surface area contributed by atoms with E-state index < -0.39 is 5.91 Å². The van der Waals surface area contributed by atoms with Crippen LogP contribution in [-0.2, 0) is 0 Å². The summed E-state index contributed by atoms with van der Waals surface area (Å²) in [6.07, 6.45) is 6.18. The van der Waals surface area contributed by atoms with Crippen molar-refractivity contribution in [3.8, 4) is 0 Å². The van der Waals surface area contributed by atoms with Crippen LogP contribution < -0.4 is 16.0 Å². The Balaban J connectivity index is 1.36. The fraction of sp³-hybridized carbons (Fsp3) is 0.412. The standard InChI is InChI=1S/C17H23N7O/c18-16(25)15-13-14(3-7-20-15)19-6-2-8-23-9-11-24(12-10-23)17-21-4-1-5-22-17/h1,3-5,7,13H,2,6,8-12H2,(H2,18,25)(H,19,20). The molecule has 8 heteroatoms. The molecular formula is C17H23N7O. The summed E-state index contributed by atoms with van der Waals surface area (Å²) >= 11 is 0. The van der Waals surface area contributed by atoms with Crippen LogP contribution in [-0.4, -0.2) is 65.0 Å². The molecule has 2 aromatic heterocycles. The number of hydrogen-bond donors (Lipinski definition) is 2. The maximum atomic E-state index is 11.1. The Morgan fingerprint density at radius 1 is 1.12 bits per heavy atom. The Morgan fingerprint density at radius 3 is 2.60 bits per heavy atom. The van der Waals surface area contributed by atoms with Crippen molar-refractivity contribution >= 4 is 17.5 Å². The summed E-state index contributed by atoms with van der Waals surface area (Å²) in [5.74, 6) is 0.302. The van der Waals surface area contributed by atoms with E-state index in [1.54, 1.807) is 24.7 Å². The molecular weight excluding hydrogens is 318 g/mol. The van der Waals surface area contributed by atoms with E-state index in [-0.39, 0.29) is 5.69 Å². The summed E-state index contributed by atoms with van der Waals surface area (Å²) in [4.78, 5) is 28.3. The van der Waals surface area contributed by atoms with Crippen molar-refractivity contribution in [3.05, 3.63) is 42.5 Å². The third-order valence-electron chi connectivity index (χ3n) is 4.20. The minimum atomic E-state index is -0.510. The maximum Gasteiger partial charge on any atom is 0.267 e. The van der Waals surface area contributed by atoms with Gasteiger partial charge in [0.1, 0.15) is 5.69 Å². The summed E-state index contributed by atoms with van der Waals surface area (Å²) < 4.78 is 0. The molecule has 3 heterocycles. The molecule has 0 spiro atoms. The van der Waals surface area contributed by atoms with Crippen LogP contribution >= 0.6 is 0 Å². The normalized spacial score (nSPS) is 15.1. The lowest BCUT2D eigenvalue weighted by Gasteiger charge is -2.34. The molecule has 132 valence electrons. The van der Waals surface area contributed by atoms with Crippen LogP contribution in [0.1, 0.15) is 16.9 Å². The molecule has 3 N–H and O–H groups in total. The van der Waals surface area contributed by atoms with Crippen molar-refractivity contribution in [1.29, 1.82) is 0 Å². The fourth-order valence-corrected chi connectivity index (χ4v) is 2.84. The Morgan fingerprint density at radius 2 is 1.88 bits per heavy atom. The number of aromatic nitrogens is 3. The third-order valence-corrected chi connectivity index (χ3v) is 4.20. The van der Waals surface area contributed by atoms with Crippen LogP contribution in [0.5, 0.6) is 0 Å². The van der Waals surface area contributed by atoms with Crippen molar-refractivity contribution < 1.29 is 4.79 Å². The molecule has 1 saturated heterocycles. The Labute approximate surface area is 147 Å². The quantitative estimate of drug-likeness (QED) is 0.711. The van der Waals surface area contributed by atoms with Crippen LogP contribution in [0.4, 0.5) is 11.6 Å². The SMILES string of the molecule is NC(=O)c1cc(NCCCN2CCN(c3ncccn3)CC2)ccn1. The molecule has 8 nitrogen and oxygen atoms in total. The zero-order valence-electron chi connectivity index (χ0n) is 14.1. The van der Waals surface area contributed by atoms with Gasteiger partial charge < -0.3 is 16.0 Å². The summed E-state index contributed by atoms with van der Waals surface area (Å²) in [6.45, 7) is 5.79. The number of rotatable bonds is 7. The summed E-state index contributed by atoms with van der Waals surface area (Å²) in [6, 6.07) is 5.36. The number of piperazine rings is 1. The van der Waals surface area contributed by atoms with Gasteiger partial charge in [0.15, 0.2) is 0 Å². The van der Waals surface area contributed by atoms with Gasteiger partial charge in [-0.25, -0.2) is 9.97 Å². The van der Waals surface area contributed by atoms with E-state index in [2.05, 4.69) is 30.1 Å². The molecule has 0 unspecified atom stereocenters. The Bertz CT molecular complexity index is 686. The number of carbonyl (C=O) groups is 1. The van der Waals surface area contributed by atoms with Gasteiger partial charge in [-0.1, -0.05) is 0 Å². The molecule has 25 heavy (non-hydrogen) atoms. The van der Waals surface area contributed by atoms with Gasteiger partial charge in [0.25, 0.3) is 5.91 Å². The number of carbonyl (C=O) groups excluding carboxylic acids is 1. The number of nitrogens with one attached hydrogen (secondary N) is 1. The van der Waals surface area contributed by atoms with Crippen molar-refractivity contribution in [2.24, 2.45) is 5.73 Å². The number of hydrogen-bond acceptors (Lipinski definition) is 7. The molecule has 1 fully saturated rings. The third kappa shape index (κ3) is 4.87. The Kier molecular flexibility index (Phi) is 5.73. The highest BCUT2D eigenvalue weighted by molar-refractivity contribution is 5.91. The molecule has 0 bridgehead atoms. The summed E-state index contributed by atoms with van der Waals surface area (Å²) in [7, 11) is 0. The molecule has 1 aliphatic heterocycles. The lowest BCUT2D eigenvalue weighted by molar-refractivity contribution is 0.0995. The topological polar surface area (TPSA) is 100 Å². The van der Waals surface area contributed by atoms with E-state index in [0.29, 0.717) is 0 Å². The minimum absolute atomic E-state index is 0.282. The van der Waals surface area contributed by atoms with Crippen LogP contribution in [0, 0.1) is 0 Å². The minimum Gasteiger partial charge on any atom is -0.385 e. The molecule has 2 aromatic rings. The first-order valence-electron chi connectivity index (χ1n) is 8.46. The maximum absolute atomic E-state index is 11.1. The van der Waals surface area contributed by atoms with E-state index in [9.17, 15) is 4.79 Å². The van der Waals surface area contributed by atoms with Crippen molar-refractivity contribution in [1.82, 2.24) is 19.9 Å².